The minimum atomic E-state index is -3.29. The topological polar surface area (TPSA) is 72.2 Å². The second-order valence-corrected chi connectivity index (χ2v) is 5.64. The third-order valence-corrected chi connectivity index (χ3v) is 3.36. The van der Waals surface area contributed by atoms with Crippen molar-refractivity contribution in [1.82, 2.24) is 0 Å². The molecule has 3 N–H and O–H groups in total. The Morgan fingerprint density at radius 2 is 2.12 bits per heavy atom. The van der Waals surface area contributed by atoms with E-state index < -0.39 is 9.84 Å². The lowest BCUT2D eigenvalue weighted by Crippen LogP contribution is -2.14. The van der Waals surface area contributed by atoms with E-state index in [0.29, 0.717) is 5.69 Å². The summed E-state index contributed by atoms with van der Waals surface area (Å²) in [6, 6.07) is 4.92. The largest absolute Gasteiger partial charge is 0.396 e. The van der Waals surface area contributed by atoms with Gasteiger partial charge in [0.2, 0.25) is 0 Å². The highest BCUT2D eigenvalue weighted by atomic mass is 32.2. The van der Waals surface area contributed by atoms with Crippen LogP contribution in [-0.2, 0) is 9.84 Å². The van der Waals surface area contributed by atoms with Crippen LogP contribution in [0.2, 0.25) is 0 Å². The maximum absolute atomic E-state index is 11.4. The zero-order valence-corrected chi connectivity index (χ0v) is 10.2. The molecule has 0 saturated carbocycles. The first kappa shape index (κ1) is 12.6. The van der Waals surface area contributed by atoms with Gasteiger partial charge in [0, 0.05) is 12.3 Å². The SMILES string of the molecule is C=CC(C)Nc1cccc(S(C)(=O)=O)c1N. The normalized spacial score (nSPS) is 13.1. The van der Waals surface area contributed by atoms with E-state index in [1.165, 1.54) is 6.07 Å². The molecule has 1 aromatic carbocycles. The minimum absolute atomic E-state index is 0.0251. The maximum atomic E-state index is 11.4. The van der Waals surface area contributed by atoms with Gasteiger partial charge in [-0.3, -0.25) is 0 Å². The number of sulfone groups is 1. The van der Waals surface area contributed by atoms with Crippen molar-refractivity contribution >= 4 is 21.2 Å². The van der Waals surface area contributed by atoms with Crippen LogP contribution in [0.5, 0.6) is 0 Å². The first-order valence-electron chi connectivity index (χ1n) is 4.84. The highest BCUT2D eigenvalue weighted by molar-refractivity contribution is 7.90. The van der Waals surface area contributed by atoms with Crippen LogP contribution in [0.25, 0.3) is 0 Å². The number of hydrogen-bond donors (Lipinski definition) is 2. The predicted molar refractivity (Wildman–Crippen MR) is 67.2 cm³/mol. The number of benzene rings is 1. The van der Waals surface area contributed by atoms with Gasteiger partial charge in [-0.1, -0.05) is 12.1 Å². The highest BCUT2D eigenvalue weighted by Crippen LogP contribution is 2.26. The lowest BCUT2D eigenvalue weighted by atomic mass is 10.2. The summed E-state index contributed by atoms with van der Waals surface area (Å²) >= 11 is 0. The number of rotatable bonds is 4. The third kappa shape index (κ3) is 2.76. The van der Waals surface area contributed by atoms with Gasteiger partial charge in [0.1, 0.15) is 0 Å². The number of nitrogen functional groups attached to an aromatic ring is 1. The summed E-state index contributed by atoms with van der Waals surface area (Å²) in [4.78, 5) is 0.147. The van der Waals surface area contributed by atoms with Gasteiger partial charge in [-0.25, -0.2) is 8.42 Å². The van der Waals surface area contributed by atoms with E-state index in [2.05, 4.69) is 11.9 Å². The molecule has 0 fully saturated rings. The highest BCUT2D eigenvalue weighted by Gasteiger charge is 2.14. The Hall–Kier alpha value is -1.49. The number of nitrogens with two attached hydrogens (primary N) is 1. The Kier molecular flexibility index (Phi) is 3.59. The van der Waals surface area contributed by atoms with Crippen molar-refractivity contribution in [3.8, 4) is 0 Å². The fourth-order valence-corrected chi connectivity index (χ4v) is 2.13. The molecule has 1 atom stereocenters. The van der Waals surface area contributed by atoms with Crippen molar-refractivity contribution in [2.45, 2.75) is 17.9 Å². The lowest BCUT2D eigenvalue weighted by molar-refractivity contribution is 0.602. The van der Waals surface area contributed by atoms with Gasteiger partial charge in [0.25, 0.3) is 0 Å². The average molecular weight is 240 g/mol. The zero-order chi connectivity index (χ0) is 12.3. The molecule has 0 aliphatic heterocycles. The van der Waals surface area contributed by atoms with Gasteiger partial charge in [-0.15, -0.1) is 6.58 Å². The molecule has 0 heterocycles. The summed E-state index contributed by atoms with van der Waals surface area (Å²) in [6.07, 6.45) is 2.85. The van der Waals surface area contributed by atoms with Gasteiger partial charge in [-0.05, 0) is 19.1 Å². The third-order valence-electron chi connectivity index (χ3n) is 2.20. The Bertz CT molecular complexity index is 495. The molecule has 1 unspecified atom stereocenters. The van der Waals surface area contributed by atoms with Crippen LogP contribution in [0.1, 0.15) is 6.92 Å². The first-order valence-corrected chi connectivity index (χ1v) is 6.73. The molecule has 88 valence electrons. The second kappa shape index (κ2) is 4.57. The summed E-state index contributed by atoms with van der Waals surface area (Å²) in [6.45, 7) is 5.54. The van der Waals surface area contributed by atoms with Crippen LogP contribution in [-0.4, -0.2) is 20.7 Å². The van der Waals surface area contributed by atoms with Crippen LogP contribution in [0, 0.1) is 0 Å². The van der Waals surface area contributed by atoms with E-state index in [1.54, 1.807) is 18.2 Å². The maximum Gasteiger partial charge on any atom is 0.177 e. The number of hydrogen-bond acceptors (Lipinski definition) is 4. The molecule has 1 aromatic rings. The van der Waals surface area contributed by atoms with E-state index in [4.69, 9.17) is 5.73 Å². The molecule has 0 aromatic heterocycles. The first-order chi connectivity index (χ1) is 7.36. The van der Waals surface area contributed by atoms with Gasteiger partial charge < -0.3 is 11.1 Å². The molecule has 0 aliphatic carbocycles. The molecule has 0 aliphatic rings. The molecule has 5 heteroatoms. The van der Waals surface area contributed by atoms with Crippen LogP contribution < -0.4 is 11.1 Å². The van der Waals surface area contributed by atoms with Crippen molar-refractivity contribution < 1.29 is 8.42 Å². The van der Waals surface area contributed by atoms with Crippen LogP contribution in [0.4, 0.5) is 11.4 Å². The van der Waals surface area contributed by atoms with Crippen molar-refractivity contribution in [3.63, 3.8) is 0 Å². The van der Waals surface area contributed by atoms with Crippen molar-refractivity contribution in [3.05, 3.63) is 30.9 Å². The summed E-state index contributed by atoms with van der Waals surface area (Å²) in [5.74, 6) is 0. The standard InChI is InChI=1S/C11H16N2O2S/c1-4-8(2)13-9-6-5-7-10(11(9)12)16(3,14)15/h4-8,13H,1,12H2,2-3H3. The molecule has 0 radical (unpaired) electrons. The van der Waals surface area contributed by atoms with Gasteiger partial charge in [0.15, 0.2) is 9.84 Å². The molecule has 0 bridgehead atoms. The second-order valence-electron chi connectivity index (χ2n) is 3.66. The Morgan fingerprint density at radius 3 is 2.62 bits per heavy atom. The molecule has 0 spiro atoms. The Labute approximate surface area is 96.1 Å². The molecular weight excluding hydrogens is 224 g/mol. The summed E-state index contributed by atoms with van der Waals surface area (Å²) in [5, 5.41) is 3.06. The molecule has 0 saturated heterocycles. The smallest absolute Gasteiger partial charge is 0.177 e. The van der Waals surface area contributed by atoms with E-state index in [-0.39, 0.29) is 16.6 Å². The molecule has 0 amide bonds. The monoisotopic (exact) mass is 240 g/mol. The quantitative estimate of drug-likeness (QED) is 0.620. The van der Waals surface area contributed by atoms with Crippen molar-refractivity contribution in [2.75, 3.05) is 17.3 Å². The summed E-state index contributed by atoms with van der Waals surface area (Å²) in [7, 11) is -3.29. The summed E-state index contributed by atoms with van der Waals surface area (Å²) in [5.41, 5.74) is 6.65. The molecule has 1 rings (SSSR count). The van der Waals surface area contributed by atoms with Crippen molar-refractivity contribution in [2.24, 2.45) is 0 Å². The van der Waals surface area contributed by atoms with E-state index in [1.807, 2.05) is 6.92 Å². The lowest BCUT2D eigenvalue weighted by Gasteiger charge is -2.14. The minimum Gasteiger partial charge on any atom is -0.396 e. The summed E-state index contributed by atoms with van der Waals surface area (Å²) < 4.78 is 22.9. The Morgan fingerprint density at radius 1 is 1.50 bits per heavy atom. The van der Waals surface area contributed by atoms with E-state index in [9.17, 15) is 8.42 Å². The van der Waals surface area contributed by atoms with Crippen LogP contribution in [0.15, 0.2) is 35.7 Å². The van der Waals surface area contributed by atoms with Crippen LogP contribution >= 0.6 is 0 Å². The number of para-hydroxylation sites is 1. The Balaban J connectivity index is 3.19. The van der Waals surface area contributed by atoms with Crippen molar-refractivity contribution in [1.29, 1.82) is 0 Å². The van der Waals surface area contributed by atoms with Gasteiger partial charge in [0.05, 0.1) is 16.3 Å². The molecule has 16 heavy (non-hydrogen) atoms. The number of nitrogens with one attached hydrogen (secondary N) is 1. The van der Waals surface area contributed by atoms with E-state index in [0.717, 1.165) is 6.26 Å². The predicted octanol–water partition coefficient (Wildman–Crippen LogP) is 1.66. The van der Waals surface area contributed by atoms with Gasteiger partial charge >= 0.3 is 0 Å². The zero-order valence-electron chi connectivity index (χ0n) is 9.40. The molecule has 4 nitrogen and oxygen atoms in total. The number of anilines is 2. The van der Waals surface area contributed by atoms with Gasteiger partial charge in [-0.2, -0.15) is 0 Å². The van der Waals surface area contributed by atoms with E-state index >= 15 is 0 Å². The van der Waals surface area contributed by atoms with Crippen LogP contribution in [0.3, 0.4) is 0 Å². The average Bonchev–Trinajstić information content (AvgIpc) is 2.19. The fraction of sp³-hybridized carbons (Fsp3) is 0.273. The molecular formula is C11H16N2O2S. The fourth-order valence-electron chi connectivity index (χ4n) is 1.30.